The molecule has 152 valence electrons. The van der Waals surface area contributed by atoms with E-state index in [1.54, 1.807) is 61.5 Å². The van der Waals surface area contributed by atoms with Crippen molar-refractivity contribution >= 4 is 17.5 Å². The molecule has 29 heavy (non-hydrogen) atoms. The Hall–Kier alpha value is -2.73. The van der Waals surface area contributed by atoms with E-state index in [1.165, 1.54) is 6.92 Å². The fourth-order valence-electron chi connectivity index (χ4n) is 3.49. The summed E-state index contributed by atoms with van der Waals surface area (Å²) in [6, 6.07) is 15.2. The number of rotatable bonds is 5. The van der Waals surface area contributed by atoms with Crippen molar-refractivity contribution in [1.82, 2.24) is 9.88 Å². The Labute approximate surface area is 172 Å². The number of nitrogens with zero attached hydrogens (tertiary/aromatic N) is 1. The fraction of sp³-hybridized carbons (Fsp3) is 0.227. The SMILES string of the molecule is CCNC(=O)c1c(-c2ccc(Cl)cc2)c(C)c(C(F)(F)F)n1Cc1ccccc1. The van der Waals surface area contributed by atoms with Gasteiger partial charge in [0.15, 0.2) is 0 Å². The zero-order valence-corrected chi connectivity index (χ0v) is 16.7. The van der Waals surface area contributed by atoms with Crippen LogP contribution in [0.15, 0.2) is 54.6 Å². The average Bonchev–Trinajstić information content (AvgIpc) is 2.95. The summed E-state index contributed by atoms with van der Waals surface area (Å²) in [5.74, 6) is -0.549. The van der Waals surface area contributed by atoms with Gasteiger partial charge in [-0.3, -0.25) is 4.79 Å². The maximum Gasteiger partial charge on any atom is 0.431 e. The Balaban J connectivity index is 2.32. The summed E-state index contributed by atoms with van der Waals surface area (Å²) in [4.78, 5) is 12.9. The van der Waals surface area contributed by atoms with Gasteiger partial charge in [0.25, 0.3) is 5.91 Å². The summed E-state index contributed by atoms with van der Waals surface area (Å²) in [7, 11) is 0. The summed E-state index contributed by atoms with van der Waals surface area (Å²) in [6.45, 7) is 3.35. The van der Waals surface area contributed by atoms with Crippen LogP contribution in [0.4, 0.5) is 13.2 Å². The Bertz CT molecular complexity index is 1010. The van der Waals surface area contributed by atoms with Gasteiger partial charge in [0.05, 0.1) is 0 Å². The van der Waals surface area contributed by atoms with Crippen molar-refractivity contribution in [3.63, 3.8) is 0 Å². The maximum atomic E-state index is 14.1. The lowest BCUT2D eigenvalue weighted by Crippen LogP contribution is -2.27. The number of benzene rings is 2. The normalized spacial score (nSPS) is 11.5. The minimum absolute atomic E-state index is 0.0111. The second-order valence-electron chi connectivity index (χ2n) is 6.63. The molecule has 0 saturated carbocycles. The molecule has 3 rings (SSSR count). The first kappa shape index (κ1) is 21.0. The smallest absolute Gasteiger partial charge is 0.351 e. The van der Waals surface area contributed by atoms with Crippen molar-refractivity contribution in [3.8, 4) is 11.1 Å². The van der Waals surface area contributed by atoms with Crippen LogP contribution in [0.5, 0.6) is 0 Å². The molecule has 0 aliphatic rings. The Morgan fingerprint density at radius 1 is 1.07 bits per heavy atom. The molecule has 1 aromatic heterocycles. The molecule has 0 unspecified atom stereocenters. The highest BCUT2D eigenvalue weighted by molar-refractivity contribution is 6.30. The summed E-state index contributed by atoms with van der Waals surface area (Å²) in [5, 5.41) is 3.11. The first-order chi connectivity index (χ1) is 13.7. The van der Waals surface area contributed by atoms with Crippen LogP contribution in [0.3, 0.4) is 0 Å². The monoisotopic (exact) mass is 420 g/mol. The van der Waals surface area contributed by atoms with E-state index in [4.69, 9.17) is 11.6 Å². The maximum absolute atomic E-state index is 14.1. The van der Waals surface area contributed by atoms with Gasteiger partial charge >= 0.3 is 6.18 Å². The Kier molecular flexibility index (Phi) is 6.03. The molecule has 7 heteroatoms. The molecular weight excluding hydrogens is 401 g/mol. The molecule has 0 aliphatic heterocycles. The molecular formula is C22H20ClF3N2O. The van der Waals surface area contributed by atoms with Gasteiger partial charge < -0.3 is 9.88 Å². The van der Waals surface area contributed by atoms with Crippen LogP contribution in [0, 0.1) is 6.92 Å². The topological polar surface area (TPSA) is 34.0 Å². The summed E-state index contributed by atoms with van der Waals surface area (Å²) in [6.07, 6.45) is -4.62. The highest BCUT2D eigenvalue weighted by Gasteiger charge is 2.41. The molecule has 2 aromatic carbocycles. The molecule has 0 aliphatic carbocycles. The zero-order chi connectivity index (χ0) is 21.2. The van der Waals surface area contributed by atoms with Crippen LogP contribution in [0.2, 0.25) is 5.02 Å². The van der Waals surface area contributed by atoms with Crippen LogP contribution in [-0.4, -0.2) is 17.0 Å². The van der Waals surface area contributed by atoms with E-state index < -0.39 is 17.8 Å². The average molecular weight is 421 g/mol. The minimum atomic E-state index is -4.62. The number of carbonyl (C=O) groups is 1. The number of hydrogen-bond donors (Lipinski definition) is 1. The highest BCUT2D eigenvalue weighted by atomic mass is 35.5. The predicted molar refractivity (Wildman–Crippen MR) is 108 cm³/mol. The molecule has 0 saturated heterocycles. The standard InChI is InChI=1S/C22H20ClF3N2O/c1-3-27-21(29)19-18(16-9-11-17(23)12-10-16)14(2)20(22(24,25)26)28(19)13-15-7-5-4-6-8-15/h4-12H,3,13H2,1-2H3,(H,27,29). The van der Waals surface area contributed by atoms with E-state index in [0.717, 1.165) is 4.57 Å². The molecule has 0 radical (unpaired) electrons. The van der Waals surface area contributed by atoms with Gasteiger partial charge in [-0.15, -0.1) is 0 Å². The molecule has 1 N–H and O–H groups in total. The van der Waals surface area contributed by atoms with Gasteiger partial charge in [0.1, 0.15) is 11.4 Å². The number of aromatic nitrogens is 1. The van der Waals surface area contributed by atoms with Gasteiger partial charge in [-0.1, -0.05) is 54.1 Å². The highest BCUT2D eigenvalue weighted by Crippen LogP contribution is 2.41. The summed E-state index contributed by atoms with van der Waals surface area (Å²) in [5.41, 5.74) is 0.606. The van der Waals surface area contributed by atoms with Crippen molar-refractivity contribution in [3.05, 3.63) is 82.1 Å². The minimum Gasteiger partial charge on any atom is -0.351 e. The van der Waals surface area contributed by atoms with E-state index in [-0.39, 0.29) is 23.4 Å². The molecule has 1 heterocycles. The number of alkyl halides is 3. The lowest BCUT2D eigenvalue weighted by molar-refractivity contribution is -0.143. The van der Waals surface area contributed by atoms with E-state index in [2.05, 4.69) is 5.32 Å². The van der Waals surface area contributed by atoms with Gasteiger partial charge in [0.2, 0.25) is 0 Å². The van der Waals surface area contributed by atoms with Crippen LogP contribution >= 0.6 is 11.6 Å². The largest absolute Gasteiger partial charge is 0.431 e. The summed E-state index contributed by atoms with van der Waals surface area (Å²) >= 11 is 5.94. The third kappa shape index (κ3) is 4.32. The second kappa shape index (κ2) is 8.33. The zero-order valence-electron chi connectivity index (χ0n) is 16.0. The van der Waals surface area contributed by atoms with Gasteiger partial charge in [0, 0.05) is 23.7 Å². The van der Waals surface area contributed by atoms with E-state index in [9.17, 15) is 18.0 Å². The number of hydrogen-bond acceptors (Lipinski definition) is 1. The molecule has 0 fully saturated rings. The lowest BCUT2D eigenvalue weighted by atomic mass is 10.0. The summed E-state index contributed by atoms with van der Waals surface area (Å²) < 4.78 is 43.3. The second-order valence-corrected chi connectivity index (χ2v) is 7.07. The van der Waals surface area contributed by atoms with Gasteiger partial charge in [-0.2, -0.15) is 13.2 Å². The lowest BCUT2D eigenvalue weighted by Gasteiger charge is -2.16. The van der Waals surface area contributed by atoms with E-state index in [0.29, 0.717) is 22.7 Å². The first-order valence-corrected chi connectivity index (χ1v) is 9.50. The molecule has 0 bridgehead atoms. The van der Waals surface area contributed by atoms with E-state index in [1.807, 2.05) is 0 Å². The molecule has 3 aromatic rings. The van der Waals surface area contributed by atoms with Gasteiger partial charge in [-0.25, -0.2) is 0 Å². The third-order valence-corrected chi connectivity index (χ3v) is 4.90. The Morgan fingerprint density at radius 3 is 2.24 bits per heavy atom. The number of nitrogens with one attached hydrogen (secondary N) is 1. The van der Waals surface area contributed by atoms with Crippen LogP contribution in [-0.2, 0) is 12.7 Å². The fourth-order valence-corrected chi connectivity index (χ4v) is 3.61. The third-order valence-electron chi connectivity index (χ3n) is 4.64. The number of amides is 1. The van der Waals surface area contributed by atoms with Crippen molar-refractivity contribution < 1.29 is 18.0 Å². The van der Waals surface area contributed by atoms with E-state index >= 15 is 0 Å². The van der Waals surface area contributed by atoms with Crippen LogP contribution in [0.25, 0.3) is 11.1 Å². The van der Waals surface area contributed by atoms with Crippen molar-refractivity contribution in [1.29, 1.82) is 0 Å². The number of carbonyl (C=O) groups excluding carboxylic acids is 1. The van der Waals surface area contributed by atoms with Gasteiger partial charge in [-0.05, 0) is 42.7 Å². The molecule has 3 nitrogen and oxygen atoms in total. The van der Waals surface area contributed by atoms with Crippen molar-refractivity contribution in [2.75, 3.05) is 6.54 Å². The predicted octanol–water partition coefficient (Wildman–Crippen LogP) is 5.93. The molecule has 0 spiro atoms. The molecule has 1 amide bonds. The van der Waals surface area contributed by atoms with Crippen molar-refractivity contribution in [2.45, 2.75) is 26.6 Å². The molecule has 0 atom stereocenters. The Morgan fingerprint density at radius 2 is 1.69 bits per heavy atom. The van der Waals surface area contributed by atoms with Crippen LogP contribution in [0.1, 0.15) is 34.2 Å². The number of halogens is 4. The van der Waals surface area contributed by atoms with Crippen LogP contribution < -0.4 is 5.32 Å². The first-order valence-electron chi connectivity index (χ1n) is 9.12. The quantitative estimate of drug-likeness (QED) is 0.545. The van der Waals surface area contributed by atoms with Crippen molar-refractivity contribution in [2.24, 2.45) is 0 Å².